The predicted octanol–water partition coefficient (Wildman–Crippen LogP) is 3.95. The molecule has 0 bridgehead atoms. The minimum absolute atomic E-state index is 0.201. The van der Waals surface area contributed by atoms with Gasteiger partial charge in [0, 0.05) is 15.6 Å². The van der Waals surface area contributed by atoms with Crippen LogP contribution in [0.25, 0.3) is 0 Å². The summed E-state index contributed by atoms with van der Waals surface area (Å²) in [6.45, 7) is 1.64. The van der Waals surface area contributed by atoms with Crippen LogP contribution in [0.4, 0.5) is 5.69 Å². The number of hydrogen-bond donors (Lipinski definition) is 1. The van der Waals surface area contributed by atoms with E-state index in [-0.39, 0.29) is 13.2 Å². The van der Waals surface area contributed by atoms with E-state index in [2.05, 4.69) is 5.32 Å². The number of aryl methyl sites for hydroxylation is 1. The normalized spacial score (nSPS) is 15.0. The van der Waals surface area contributed by atoms with Gasteiger partial charge in [-0.1, -0.05) is 11.6 Å². The standard InChI is InChI=1S/C20H17ClN2O4S/c1-12-6-16(28-11-22)3-4-17(12)23-19(24)10-27-20(25)14-7-13-8-15(21)2-5-18(13)26-9-14/h2-6,8,14H,7,9-10H2,1H3,(H,23,24)/t14-/m0/s1. The molecule has 28 heavy (non-hydrogen) atoms. The maximum Gasteiger partial charge on any atom is 0.313 e. The van der Waals surface area contributed by atoms with E-state index in [1.54, 1.807) is 36.4 Å². The van der Waals surface area contributed by atoms with Gasteiger partial charge in [-0.15, -0.1) is 0 Å². The van der Waals surface area contributed by atoms with E-state index < -0.39 is 17.8 Å². The highest BCUT2D eigenvalue weighted by Crippen LogP contribution is 2.30. The minimum Gasteiger partial charge on any atom is -0.492 e. The Balaban J connectivity index is 1.52. The lowest BCUT2D eigenvalue weighted by atomic mass is 9.97. The Labute approximate surface area is 171 Å². The maximum atomic E-state index is 12.3. The molecule has 0 aliphatic carbocycles. The highest BCUT2D eigenvalue weighted by Gasteiger charge is 2.28. The van der Waals surface area contributed by atoms with Crippen molar-refractivity contribution in [2.45, 2.75) is 18.2 Å². The molecule has 0 aromatic heterocycles. The lowest BCUT2D eigenvalue weighted by Gasteiger charge is -2.24. The monoisotopic (exact) mass is 416 g/mol. The number of nitrogens with zero attached hydrogens (tertiary/aromatic N) is 1. The van der Waals surface area contributed by atoms with Crippen molar-refractivity contribution >= 4 is 40.9 Å². The SMILES string of the molecule is Cc1cc(SC#N)ccc1NC(=O)COC(=O)[C@@H]1COc2ccc(Cl)cc2C1. The van der Waals surface area contributed by atoms with Gasteiger partial charge < -0.3 is 14.8 Å². The second-order valence-corrected chi connectivity index (χ2v) is 7.58. The van der Waals surface area contributed by atoms with Crippen molar-refractivity contribution in [2.75, 3.05) is 18.5 Å². The zero-order chi connectivity index (χ0) is 20.1. The number of thioether (sulfide) groups is 1. The Morgan fingerprint density at radius 3 is 2.93 bits per heavy atom. The third-order valence-electron chi connectivity index (χ3n) is 4.24. The number of nitriles is 1. The van der Waals surface area contributed by atoms with Crippen LogP contribution in [0.1, 0.15) is 11.1 Å². The van der Waals surface area contributed by atoms with Gasteiger partial charge in [0.05, 0.1) is 5.92 Å². The molecule has 0 saturated heterocycles. The summed E-state index contributed by atoms with van der Waals surface area (Å²) in [5, 5.41) is 14.0. The lowest BCUT2D eigenvalue weighted by molar-refractivity contribution is -0.152. The Morgan fingerprint density at radius 2 is 2.18 bits per heavy atom. The highest BCUT2D eigenvalue weighted by molar-refractivity contribution is 8.03. The molecule has 6 nitrogen and oxygen atoms in total. The first kappa shape index (κ1) is 20.1. The van der Waals surface area contributed by atoms with E-state index in [9.17, 15) is 9.59 Å². The first-order valence-corrected chi connectivity index (χ1v) is 9.70. The third-order valence-corrected chi connectivity index (χ3v) is 5.06. The number of fused-ring (bicyclic) bond motifs is 1. The van der Waals surface area contributed by atoms with E-state index in [1.165, 1.54) is 0 Å². The highest BCUT2D eigenvalue weighted by atomic mass is 35.5. The number of benzene rings is 2. The molecule has 0 unspecified atom stereocenters. The van der Waals surface area contributed by atoms with Crippen molar-refractivity contribution in [3.05, 3.63) is 52.5 Å². The van der Waals surface area contributed by atoms with Crippen LogP contribution in [0.15, 0.2) is 41.3 Å². The molecule has 1 aliphatic rings. The van der Waals surface area contributed by atoms with Gasteiger partial charge in [-0.25, -0.2) is 0 Å². The number of hydrogen-bond acceptors (Lipinski definition) is 6. The first-order valence-electron chi connectivity index (χ1n) is 8.50. The molecule has 0 saturated carbocycles. The van der Waals surface area contributed by atoms with E-state index in [4.69, 9.17) is 26.3 Å². The van der Waals surface area contributed by atoms with Crippen LogP contribution < -0.4 is 10.1 Å². The number of esters is 1. The van der Waals surface area contributed by atoms with Gasteiger partial charge in [-0.05, 0) is 72.6 Å². The fraction of sp³-hybridized carbons (Fsp3) is 0.250. The number of carbonyl (C=O) groups excluding carboxylic acids is 2. The van der Waals surface area contributed by atoms with Crippen LogP contribution in [-0.4, -0.2) is 25.1 Å². The Bertz CT molecular complexity index is 958. The van der Waals surface area contributed by atoms with Crippen molar-refractivity contribution in [1.29, 1.82) is 5.26 Å². The summed E-state index contributed by atoms with van der Waals surface area (Å²) >= 11 is 7.03. The van der Waals surface area contributed by atoms with Gasteiger partial charge in [0.25, 0.3) is 5.91 Å². The van der Waals surface area contributed by atoms with Crippen molar-refractivity contribution < 1.29 is 19.1 Å². The second kappa shape index (κ2) is 9.00. The molecule has 2 aromatic carbocycles. The summed E-state index contributed by atoms with van der Waals surface area (Å²) in [5.74, 6) is -0.696. The molecule has 1 aliphatic heterocycles. The smallest absolute Gasteiger partial charge is 0.313 e. The molecule has 0 radical (unpaired) electrons. The van der Waals surface area contributed by atoms with Crippen LogP contribution in [0.5, 0.6) is 5.75 Å². The molecule has 8 heteroatoms. The fourth-order valence-corrected chi connectivity index (χ4v) is 3.52. The van der Waals surface area contributed by atoms with Crippen molar-refractivity contribution in [3.8, 4) is 11.2 Å². The number of ether oxygens (including phenoxy) is 2. The predicted molar refractivity (Wildman–Crippen MR) is 106 cm³/mol. The van der Waals surface area contributed by atoms with Gasteiger partial charge in [0.2, 0.25) is 0 Å². The van der Waals surface area contributed by atoms with Crippen LogP contribution in [0.3, 0.4) is 0 Å². The van der Waals surface area contributed by atoms with Gasteiger partial charge >= 0.3 is 5.97 Å². The number of thiocyanates is 1. The Kier molecular flexibility index (Phi) is 6.45. The van der Waals surface area contributed by atoms with Crippen LogP contribution in [0, 0.1) is 23.5 Å². The third kappa shape index (κ3) is 4.97. The summed E-state index contributed by atoms with van der Waals surface area (Å²) in [5.41, 5.74) is 2.26. The fourth-order valence-electron chi connectivity index (χ4n) is 2.85. The molecule has 1 atom stereocenters. The number of nitrogens with one attached hydrogen (secondary N) is 1. The average Bonchev–Trinajstić information content (AvgIpc) is 2.68. The Hall–Kier alpha value is -2.69. The number of anilines is 1. The van der Waals surface area contributed by atoms with Crippen LogP contribution in [0.2, 0.25) is 5.02 Å². The molecule has 3 rings (SSSR count). The topological polar surface area (TPSA) is 88.4 Å². The van der Waals surface area contributed by atoms with Crippen molar-refractivity contribution in [1.82, 2.24) is 0 Å². The molecule has 0 fully saturated rings. The van der Waals surface area contributed by atoms with Crippen molar-refractivity contribution in [2.24, 2.45) is 5.92 Å². The van der Waals surface area contributed by atoms with Crippen LogP contribution in [-0.2, 0) is 20.7 Å². The van der Waals surface area contributed by atoms with Crippen LogP contribution >= 0.6 is 23.4 Å². The van der Waals surface area contributed by atoms with Gasteiger partial charge in [-0.2, -0.15) is 5.26 Å². The molecular weight excluding hydrogens is 400 g/mol. The molecule has 0 spiro atoms. The quantitative estimate of drug-likeness (QED) is 0.451. The summed E-state index contributed by atoms with van der Waals surface area (Å²) in [6.07, 6.45) is 0.452. The van der Waals surface area contributed by atoms with E-state index >= 15 is 0 Å². The number of carbonyl (C=O) groups is 2. The molecule has 144 valence electrons. The van der Waals surface area contributed by atoms with Gasteiger partial charge in [0.1, 0.15) is 17.8 Å². The largest absolute Gasteiger partial charge is 0.492 e. The van der Waals surface area contributed by atoms with Gasteiger partial charge in [0.15, 0.2) is 6.61 Å². The first-order chi connectivity index (χ1) is 13.5. The molecule has 1 heterocycles. The maximum absolute atomic E-state index is 12.3. The van der Waals surface area contributed by atoms with Crippen molar-refractivity contribution in [3.63, 3.8) is 0 Å². The van der Waals surface area contributed by atoms with E-state index in [1.807, 2.05) is 12.3 Å². The van der Waals surface area contributed by atoms with Gasteiger partial charge in [-0.3, -0.25) is 9.59 Å². The molecular formula is C20H17ClN2O4S. The lowest BCUT2D eigenvalue weighted by Crippen LogP contribution is -2.32. The minimum atomic E-state index is -0.488. The zero-order valence-corrected chi connectivity index (χ0v) is 16.6. The van der Waals surface area contributed by atoms with E-state index in [0.29, 0.717) is 22.9 Å². The number of rotatable bonds is 5. The molecule has 2 aromatic rings. The number of halogens is 1. The average molecular weight is 417 g/mol. The summed E-state index contributed by atoms with van der Waals surface area (Å²) in [6, 6.07) is 10.5. The summed E-state index contributed by atoms with van der Waals surface area (Å²) in [4.78, 5) is 25.2. The second-order valence-electron chi connectivity index (χ2n) is 6.29. The summed E-state index contributed by atoms with van der Waals surface area (Å²) < 4.78 is 10.7. The van der Waals surface area contributed by atoms with E-state index in [0.717, 1.165) is 27.8 Å². The molecule has 1 amide bonds. The number of amides is 1. The summed E-state index contributed by atoms with van der Waals surface area (Å²) in [7, 11) is 0. The Morgan fingerprint density at radius 1 is 1.36 bits per heavy atom. The zero-order valence-electron chi connectivity index (χ0n) is 15.0. The molecule has 1 N–H and O–H groups in total.